The molecule has 22 heavy (non-hydrogen) atoms. The number of aryl methyl sites for hydroxylation is 1. The third-order valence-corrected chi connectivity index (χ3v) is 3.95. The van der Waals surface area contributed by atoms with Crippen LogP contribution in [0.5, 0.6) is 0 Å². The number of anilines is 1. The Hall–Kier alpha value is -2.36. The van der Waals surface area contributed by atoms with Crippen LogP contribution in [0.2, 0.25) is 0 Å². The zero-order chi connectivity index (χ0) is 15.4. The Morgan fingerprint density at radius 3 is 2.77 bits per heavy atom. The molecule has 0 bridgehead atoms. The summed E-state index contributed by atoms with van der Waals surface area (Å²) in [5, 5.41) is 2.92. The van der Waals surface area contributed by atoms with Crippen LogP contribution < -0.4 is 10.2 Å². The van der Waals surface area contributed by atoms with E-state index in [-0.39, 0.29) is 11.8 Å². The van der Waals surface area contributed by atoms with E-state index in [0.717, 1.165) is 30.4 Å². The zero-order valence-electron chi connectivity index (χ0n) is 12.4. The molecule has 0 fully saturated rings. The molecule has 0 atom stereocenters. The van der Waals surface area contributed by atoms with Crippen molar-refractivity contribution < 1.29 is 9.18 Å². The first-order valence-corrected chi connectivity index (χ1v) is 7.62. The van der Waals surface area contributed by atoms with Crippen LogP contribution in [-0.4, -0.2) is 12.6 Å². The fourth-order valence-corrected chi connectivity index (χ4v) is 2.79. The van der Waals surface area contributed by atoms with Gasteiger partial charge in [-0.3, -0.25) is 4.90 Å². The number of rotatable bonds is 2. The number of amides is 2. The molecule has 2 amide bonds. The molecule has 2 aromatic rings. The van der Waals surface area contributed by atoms with E-state index in [1.807, 2.05) is 30.3 Å². The molecule has 3 rings (SSSR count). The molecule has 0 spiro atoms. The van der Waals surface area contributed by atoms with E-state index in [0.29, 0.717) is 18.8 Å². The highest BCUT2D eigenvalue weighted by atomic mass is 19.1. The molecular formula is C18H19FN2O. The number of nitrogens with zero attached hydrogens (tertiary/aromatic N) is 1. The summed E-state index contributed by atoms with van der Waals surface area (Å²) in [5.74, 6) is -0.304. The minimum atomic E-state index is -0.304. The number of nitrogens with one attached hydrogen (secondary N) is 1. The lowest BCUT2D eigenvalue weighted by Gasteiger charge is -2.23. The molecule has 2 aromatic carbocycles. The van der Waals surface area contributed by atoms with Crippen LogP contribution in [0.15, 0.2) is 48.5 Å². The maximum atomic E-state index is 13.6. The SMILES string of the molecule is O=C(NCc1ccccc1)N1CCCCc2ccc(F)cc21. The van der Waals surface area contributed by atoms with Gasteiger partial charge in [0, 0.05) is 13.1 Å². The van der Waals surface area contributed by atoms with Gasteiger partial charge in [-0.05, 0) is 42.5 Å². The van der Waals surface area contributed by atoms with Gasteiger partial charge in [0.1, 0.15) is 5.82 Å². The summed E-state index contributed by atoms with van der Waals surface area (Å²) in [5.41, 5.74) is 2.78. The molecular weight excluding hydrogens is 279 g/mol. The van der Waals surface area contributed by atoms with Crippen molar-refractivity contribution in [1.82, 2.24) is 5.32 Å². The lowest BCUT2D eigenvalue weighted by molar-refractivity contribution is 0.246. The van der Waals surface area contributed by atoms with Gasteiger partial charge >= 0.3 is 6.03 Å². The van der Waals surface area contributed by atoms with Crippen molar-refractivity contribution in [3.63, 3.8) is 0 Å². The second-order valence-corrected chi connectivity index (χ2v) is 5.53. The molecule has 3 nitrogen and oxygen atoms in total. The molecule has 0 radical (unpaired) electrons. The first-order valence-electron chi connectivity index (χ1n) is 7.62. The van der Waals surface area contributed by atoms with Crippen molar-refractivity contribution in [2.24, 2.45) is 0 Å². The number of carbonyl (C=O) groups excluding carboxylic acids is 1. The molecule has 1 heterocycles. The average molecular weight is 298 g/mol. The van der Waals surface area contributed by atoms with Crippen molar-refractivity contribution in [2.75, 3.05) is 11.4 Å². The summed E-state index contributed by atoms with van der Waals surface area (Å²) in [4.78, 5) is 14.2. The quantitative estimate of drug-likeness (QED) is 0.896. The summed E-state index contributed by atoms with van der Waals surface area (Å²) in [6.07, 6.45) is 2.83. The molecule has 0 unspecified atom stereocenters. The minimum Gasteiger partial charge on any atom is -0.334 e. The van der Waals surface area contributed by atoms with Crippen LogP contribution in [0.4, 0.5) is 14.9 Å². The zero-order valence-corrected chi connectivity index (χ0v) is 12.4. The van der Waals surface area contributed by atoms with Gasteiger partial charge < -0.3 is 5.32 Å². The molecule has 1 aliphatic heterocycles. The maximum absolute atomic E-state index is 13.6. The number of carbonyl (C=O) groups is 1. The van der Waals surface area contributed by atoms with Gasteiger partial charge in [-0.2, -0.15) is 0 Å². The fourth-order valence-electron chi connectivity index (χ4n) is 2.79. The second-order valence-electron chi connectivity index (χ2n) is 5.53. The van der Waals surface area contributed by atoms with E-state index in [4.69, 9.17) is 0 Å². The van der Waals surface area contributed by atoms with Gasteiger partial charge in [-0.15, -0.1) is 0 Å². The van der Waals surface area contributed by atoms with E-state index < -0.39 is 0 Å². The van der Waals surface area contributed by atoms with Gasteiger partial charge in [0.05, 0.1) is 5.69 Å². The minimum absolute atomic E-state index is 0.169. The summed E-state index contributed by atoms with van der Waals surface area (Å²) in [6.45, 7) is 1.10. The number of benzene rings is 2. The van der Waals surface area contributed by atoms with E-state index in [9.17, 15) is 9.18 Å². The van der Waals surface area contributed by atoms with Crippen molar-refractivity contribution >= 4 is 11.7 Å². The highest BCUT2D eigenvalue weighted by Gasteiger charge is 2.21. The molecule has 114 valence electrons. The Bertz CT molecular complexity index is 657. The monoisotopic (exact) mass is 298 g/mol. The van der Waals surface area contributed by atoms with Crippen LogP contribution in [0.1, 0.15) is 24.0 Å². The molecule has 0 aromatic heterocycles. The van der Waals surface area contributed by atoms with Crippen LogP contribution in [0, 0.1) is 5.82 Å². The number of urea groups is 1. The topological polar surface area (TPSA) is 32.3 Å². The Kier molecular flexibility index (Phi) is 4.37. The van der Waals surface area contributed by atoms with E-state index in [1.165, 1.54) is 12.1 Å². The molecule has 0 saturated carbocycles. The van der Waals surface area contributed by atoms with E-state index in [2.05, 4.69) is 5.32 Å². The highest BCUT2D eigenvalue weighted by molar-refractivity contribution is 5.92. The van der Waals surface area contributed by atoms with Gasteiger partial charge in [-0.1, -0.05) is 36.4 Å². The third kappa shape index (κ3) is 3.27. The Labute approximate surface area is 129 Å². The summed E-state index contributed by atoms with van der Waals surface area (Å²) >= 11 is 0. The number of halogens is 1. The van der Waals surface area contributed by atoms with Gasteiger partial charge in [-0.25, -0.2) is 9.18 Å². The van der Waals surface area contributed by atoms with Gasteiger partial charge in [0.25, 0.3) is 0 Å². The number of hydrogen-bond acceptors (Lipinski definition) is 1. The predicted octanol–water partition coefficient (Wildman–Crippen LogP) is 3.88. The second kappa shape index (κ2) is 6.60. The predicted molar refractivity (Wildman–Crippen MR) is 85.4 cm³/mol. The van der Waals surface area contributed by atoms with E-state index in [1.54, 1.807) is 11.0 Å². The van der Waals surface area contributed by atoms with Crippen molar-refractivity contribution in [3.05, 3.63) is 65.5 Å². The molecule has 4 heteroatoms. The summed E-state index contributed by atoms with van der Waals surface area (Å²) in [6, 6.07) is 14.3. The standard InChI is InChI=1S/C18H19FN2O/c19-16-10-9-15-8-4-5-11-21(17(15)12-16)18(22)20-13-14-6-2-1-3-7-14/h1-3,6-7,9-10,12H,4-5,8,11,13H2,(H,20,22). The largest absolute Gasteiger partial charge is 0.334 e. The van der Waals surface area contributed by atoms with Crippen LogP contribution in [0.25, 0.3) is 0 Å². The smallest absolute Gasteiger partial charge is 0.322 e. The molecule has 0 saturated heterocycles. The van der Waals surface area contributed by atoms with E-state index >= 15 is 0 Å². The summed E-state index contributed by atoms with van der Waals surface area (Å²) in [7, 11) is 0. The Morgan fingerprint density at radius 1 is 1.14 bits per heavy atom. The lowest BCUT2D eigenvalue weighted by atomic mass is 10.1. The maximum Gasteiger partial charge on any atom is 0.322 e. The van der Waals surface area contributed by atoms with Gasteiger partial charge in [0.2, 0.25) is 0 Å². The Balaban J connectivity index is 1.76. The summed E-state index contributed by atoms with van der Waals surface area (Å²) < 4.78 is 13.6. The van der Waals surface area contributed by atoms with Crippen LogP contribution >= 0.6 is 0 Å². The first-order chi connectivity index (χ1) is 10.7. The average Bonchev–Trinajstić information content (AvgIpc) is 2.75. The van der Waals surface area contributed by atoms with Gasteiger partial charge in [0.15, 0.2) is 0 Å². The number of fused-ring (bicyclic) bond motifs is 1. The van der Waals surface area contributed by atoms with Crippen molar-refractivity contribution in [3.8, 4) is 0 Å². The third-order valence-electron chi connectivity index (χ3n) is 3.95. The highest BCUT2D eigenvalue weighted by Crippen LogP contribution is 2.27. The number of hydrogen-bond donors (Lipinski definition) is 1. The molecule has 1 N–H and O–H groups in total. The van der Waals surface area contributed by atoms with Crippen LogP contribution in [-0.2, 0) is 13.0 Å². The molecule has 0 aliphatic carbocycles. The fraction of sp³-hybridized carbons (Fsp3) is 0.278. The Morgan fingerprint density at radius 2 is 1.95 bits per heavy atom. The van der Waals surface area contributed by atoms with Crippen molar-refractivity contribution in [2.45, 2.75) is 25.8 Å². The lowest BCUT2D eigenvalue weighted by Crippen LogP contribution is -2.40. The first kappa shape index (κ1) is 14.6. The molecule has 1 aliphatic rings. The van der Waals surface area contributed by atoms with Crippen molar-refractivity contribution in [1.29, 1.82) is 0 Å². The van der Waals surface area contributed by atoms with Crippen LogP contribution in [0.3, 0.4) is 0 Å². The normalized spacial score (nSPS) is 14.1.